The first-order valence-electron chi connectivity index (χ1n) is 6.72. The van der Waals surface area contributed by atoms with Gasteiger partial charge in [-0.15, -0.1) is 11.3 Å². The molecule has 2 aromatic carbocycles. The van der Waals surface area contributed by atoms with Crippen molar-refractivity contribution in [3.05, 3.63) is 64.4 Å². The van der Waals surface area contributed by atoms with Crippen LogP contribution in [0.1, 0.15) is 10.4 Å². The summed E-state index contributed by atoms with van der Waals surface area (Å²) in [7, 11) is 0. The van der Waals surface area contributed by atoms with Gasteiger partial charge >= 0.3 is 0 Å². The molecule has 4 heteroatoms. The number of anilines is 1. The Morgan fingerprint density at radius 1 is 1.05 bits per heavy atom. The Labute approximate surface area is 126 Å². The van der Waals surface area contributed by atoms with E-state index in [0.717, 1.165) is 32.6 Å². The van der Waals surface area contributed by atoms with Crippen LogP contribution in [-0.4, -0.2) is 18.2 Å². The number of benzene rings is 2. The molecule has 21 heavy (non-hydrogen) atoms. The summed E-state index contributed by atoms with van der Waals surface area (Å²) in [4.78, 5) is 17.5. The van der Waals surface area contributed by atoms with Gasteiger partial charge in [0.2, 0.25) is 5.91 Å². The number of hydrogen-bond acceptors (Lipinski definition) is 3. The molecule has 0 saturated heterocycles. The number of nitrogens with one attached hydrogen (secondary N) is 1. The lowest BCUT2D eigenvalue weighted by atomic mass is 10.0. The topological polar surface area (TPSA) is 41.5 Å². The molecule has 0 bridgehead atoms. The smallest absolute Gasteiger partial charge is 0.246 e. The van der Waals surface area contributed by atoms with Crippen LogP contribution in [0.25, 0.3) is 10.8 Å². The maximum atomic E-state index is 11.9. The Balaban J connectivity index is 2.00. The molecule has 1 aliphatic heterocycles. The van der Waals surface area contributed by atoms with Crippen molar-refractivity contribution in [3.8, 4) is 0 Å². The molecular weight excluding hydrogens is 280 g/mol. The third-order valence-corrected chi connectivity index (χ3v) is 4.43. The first-order chi connectivity index (χ1) is 10.3. The third kappa shape index (κ3) is 2.14. The molecular formula is C17H12N2OS. The van der Waals surface area contributed by atoms with Gasteiger partial charge in [0, 0.05) is 5.56 Å². The summed E-state index contributed by atoms with van der Waals surface area (Å²) in [6.07, 6.45) is 0. The van der Waals surface area contributed by atoms with Gasteiger partial charge in [-0.3, -0.25) is 9.79 Å². The van der Waals surface area contributed by atoms with Crippen LogP contribution in [0, 0.1) is 0 Å². The number of fused-ring (bicyclic) bond motifs is 2. The minimum atomic E-state index is -0.0712. The van der Waals surface area contributed by atoms with Gasteiger partial charge in [0.25, 0.3) is 0 Å². The number of rotatable bonds is 1. The highest BCUT2D eigenvalue weighted by Gasteiger charge is 2.19. The molecule has 3 aromatic rings. The van der Waals surface area contributed by atoms with Crippen LogP contribution in [0.15, 0.2) is 58.9 Å². The zero-order valence-electron chi connectivity index (χ0n) is 11.2. The molecule has 3 nitrogen and oxygen atoms in total. The minimum absolute atomic E-state index is 0.0712. The van der Waals surface area contributed by atoms with Crippen LogP contribution in [0.3, 0.4) is 0 Å². The predicted molar refractivity (Wildman–Crippen MR) is 87.4 cm³/mol. The lowest BCUT2D eigenvalue weighted by Crippen LogP contribution is -2.13. The average molecular weight is 292 g/mol. The molecule has 0 atom stereocenters. The molecule has 1 amide bonds. The maximum absolute atomic E-state index is 11.9. The Hall–Kier alpha value is -2.46. The van der Waals surface area contributed by atoms with E-state index in [-0.39, 0.29) is 12.5 Å². The number of aliphatic imine (C=N–C) groups is 1. The molecule has 102 valence electrons. The second-order valence-corrected chi connectivity index (χ2v) is 5.88. The van der Waals surface area contributed by atoms with Crippen molar-refractivity contribution in [3.63, 3.8) is 0 Å². The summed E-state index contributed by atoms with van der Waals surface area (Å²) in [5, 5.41) is 7.25. The molecule has 0 saturated carbocycles. The van der Waals surface area contributed by atoms with Gasteiger partial charge in [-0.2, -0.15) is 0 Å². The van der Waals surface area contributed by atoms with E-state index >= 15 is 0 Å². The Morgan fingerprint density at radius 3 is 2.62 bits per heavy atom. The van der Waals surface area contributed by atoms with Crippen LogP contribution in [0.2, 0.25) is 0 Å². The van der Waals surface area contributed by atoms with Gasteiger partial charge in [0.05, 0.1) is 16.3 Å². The van der Waals surface area contributed by atoms with E-state index in [1.165, 1.54) is 0 Å². The molecule has 0 radical (unpaired) electrons. The fraction of sp³-hybridized carbons (Fsp3) is 0.0588. The summed E-state index contributed by atoms with van der Waals surface area (Å²) in [5.74, 6) is -0.0712. The van der Waals surface area contributed by atoms with E-state index < -0.39 is 0 Å². The Kier molecular flexibility index (Phi) is 2.82. The maximum Gasteiger partial charge on any atom is 0.246 e. The van der Waals surface area contributed by atoms with Gasteiger partial charge < -0.3 is 5.32 Å². The largest absolute Gasteiger partial charge is 0.324 e. The zero-order chi connectivity index (χ0) is 14.2. The molecule has 0 unspecified atom stereocenters. The van der Waals surface area contributed by atoms with Gasteiger partial charge in [-0.05, 0) is 34.4 Å². The number of nitrogens with zero attached hydrogens (tertiary/aromatic N) is 1. The van der Waals surface area contributed by atoms with E-state index in [9.17, 15) is 4.79 Å². The highest BCUT2D eigenvalue weighted by atomic mass is 32.1. The fourth-order valence-electron chi connectivity index (χ4n) is 2.59. The van der Waals surface area contributed by atoms with Crippen molar-refractivity contribution in [2.75, 3.05) is 11.9 Å². The zero-order valence-corrected chi connectivity index (χ0v) is 12.0. The molecule has 0 spiro atoms. The second kappa shape index (κ2) is 4.82. The Bertz CT molecular complexity index is 866. The molecule has 2 heterocycles. The normalized spacial score (nSPS) is 14.3. The standard InChI is InChI=1S/C17H12N2OS/c20-16-10-18-17(15-6-3-7-21-15)13-8-11-4-1-2-5-12(11)9-14(13)19-16/h1-9H,10H2,(H,19,20). The quantitative estimate of drug-likeness (QED) is 0.730. The van der Waals surface area contributed by atoms with Crippen LogP contribution in [0.5, 0.6) is 0 Å². The lowest BCUT2D eigenvalue weighted by molar-refractivity contribution is -0.114. The molecule has 1 N–H and O–H groups in total. The second-order valence-electron chi connectivity index (χ2n) is 4.94. The first-order valence-corrected chi connectivity index (χ1v) is 7.60. The van der Waals surface area contributed by atoms with E-state index in [4.69, 9.17) is 0 Å². The molecule has 4 rings (SSSR count). The highest BCUT2D eigenvalue weighted by molar-refractivity contribution is 7.12. The van der Waals surface area contributed by atoms with E-state index in [0.29, 0.717) is 0 Å². The Morgan fingerprint density at radius 2 is 1.86 bits per heavy atom. The number of carbonyl (C=O) groups excluding carboxylic acids is 1. The van der Waals surface area contributed by atoms with Crippen LogP contribution < -0.4 is 5.32 Å². The van der Waals surface area contributed by atoms with Crippen molar-refractivity contribution in [2.24, 2.45) is 4.99 Å². The van der Waals surface area contributed by atoms with Crippen molar-refractivity contribution < 1.29 is 4.79 Å². The molecule has 1 aliphatic rings. The van der Waals surface area contributed by atoms with Crippen molar-refractivity contribution >= 4 is 39.4 Å². The fourth-order valence-corrected chi connectivity index (χ4v) is 3.34. The van der Waals surface area contributed by atoms with E-state index in [1.807, 2.05) is 35.7 Å². The predicted octanol–water partition coefficient (Wildman–Crippen LogP) is 3.69. The van der Waals surface area contributed by atoms with Crippen LogP contribution in [-0.2, 0) is 4.79 Å². The molecule has 0 aliphatic carbocycles. The van der Waals surface area contributed by atoms with Crippen molar-refractivity contribution in [1.82, 2.24) is 0 Å². The molecule has 0 fully saturated rings. The third-order valence-electron chi connectivity index (χ3n) is 3.55. The van der Waals surface area contributed by atoms with E-state index in [2.05, 4.69) is 28.5 Å². The first kappa shape index (κ1) is 12.3. The lowest BCUT2D eigenvalue weighted by Gasteiger charge is -2.10. The summed E-state index contributed by atoms with van der Waals surface area (Å²) >= 11 is 1.64. The summed E-state index contributed by atoms with van der Waals surface area (Å²) in [5.41, 5.74) is 2.72. The number of hydrogen-bond donors (Lipinski definition) is 1. The number of amides is 1. The summed E-state index contributed by atoms with van der Waals surface area (Å²) in [6, 6.07) is 16.3. The van der Waals surface area contributed by atoms with Gasteiger partial charge in [0.1, 0.15) is 6.54 Å². The van der Waals surface area contributed by atoms with Crippen LogP contribution in [0.4, 0.5) is 5.69 Å². The monoisotopic (exact) mass is 292 g/mol. The summed E-state index contributed by atoms with van der Waals surface area (Å²) in [6.45, 7) is 0.165. The average Bonchev–Trinajstić information content (AvgIpc) is 2.96. The number of carbonyl (C=O) groups is 1. The van der Waals surface area contributed by atoms with E-state index in [1.54, 1.807) is 11.3 Å². The summed E-state index contributed by atoms with van der Waals surface area (Å²) < 4.78 is 0. The van der Waals surface area contributed by atoms with Crippen molar-refractivity contribution in [2.45, 2.75) is 0 Å². The van der Waals surface area contributed by atoms with Gasteiger partial charge in [-0.25, -0.2) is 0 Å². The SMILES string of the molecule is O=C1CN=C(c2cccs2)c2cc3ccccc3cc2N1. The van der Waals surface area contributed by atoms with Crippen molar-refractivity contribution in [1.29, 1.82) is 0 Å². The van der Waals surface area contributed by atoms with Crippen LogP contribution >= 0.6 is 11.3 Å². The minimum Gasteiger partial charge on any atom is -0.324 e. The molecule has 1 aromatic heterocycles. The van der Waals surface area contributed by atoms with Gasteiger partial charge in [-0.1, -0.05) is 30.3 Å². The highest BCUT2D eigenvalue weighted by Crippen LogP contribution is 2.29. The van der Waals surface area contributed by atoms with Gasteiger partial charge in [0.15, 0.2) is 0 Å². The number of thiophene rings is 1.